The maximum absolute atomic E-state index is 5.09. The van der Waals surface area contributed by atoms with E-state index in [0.717, 1.165) is 5.69 Å². The molecule has 0 atom stereocenters. The van der Waals surface area contributed by atoms with Gasteiger partial charge in [0, 0.05) is 24.7 Å². The van der Waals surface area contributed by atoms with Crippen LogP contribution >= 0.6 is 24.0 Å². The molecule has 0 fully saturated rings. The monoisotopic (exact) mass is 253 g/mol. The first-order chi connectivity index (χ1) is 7.61. The molecule has 0 amide bonds. The van der Waals surface area contributed by atoms with Gasteiger partial charge in [0.15, 0.2) is 5.11 Å². The van der Waals surface area contributed by atoms with E-state index in [4.69, 9.17) is 12.2 Å². The van der Waals surface area contributed by atoms with E-state index >= 15 is 0 Å². The molecule has 0 aromatic heterocycles. The van der Waals surface area contributed by atoms with Crippen LogP contribution in [-0.2, 0) is 0 Å². The van der Waals surface area contributed by atoms with Gasteiger partial charge in [-0.3, -0.25) is 0 Å². The van der Waals surface area contributed by atoms with Crippen molar-refractivity contribution in [3.63, 3.8) is 0 Å². The first-order valence-corrected chi connectivity index (χ1v) is 6.41. The Morgan fingerprint density at radius 3 is 2.88 bits per heavy atom. The zero-order valence-corrected chi connectivity index (χ0v) is 11.2. The lowest BCUT2D eigenvalue weighted by atomic mass is 10.3. The van der Waals surface area contributed by atoms with Crippen molar-refractivity contribution in [1.29, 1.82) is 0 Å². The van der Waals surface area contributed by atoms with Crippen LogP contribution in [-0.4, -0.2) is 36.7 Å². The highest BCUT2D eigenvalue weighted by atomic mass is 32.2. The van der Waals surface area contributed by atoms with Crippen molar-refractivity contribution in [3.05, 3.63) is 24.3 Å². The lowest BCUT2D eigenvalue weighted by Crippen LogP contribution is -2.12. The van der Waals surface area contributed by atoms with E-state index in [2.05, 4.69) is 16.4 Å². The molecule has 3 nitrogen and oxygen atoms in total. The standard InChI is InChI=1S/C11H15N3S2/c1-14(2)8-12-11(15)13-9-5-4-6-10(7-9)16-3/h4-8H,1-3H3,(H,13,15)/b12-8+. The highest BCUT2D eigenvalue weighted by Gasteiger charge is 1.96. The van der Waals surface area contributed by atoms with E-state index in [1.807, 2.05) is 43.5 Å². The number of hydrogen-bond acceptors (Lipinski definition) is 2. The predicted octanol–water partition coefficient (Wildman–Crippen LogP) is 2.70. The van der Waals surface area contributed by atoms with Crippen molar-refractivity contribution < 1.29 is 0 Å². The van der Waals surface area contributed by atoms with Crippen LogP contribution in [0.4, 0.5) is 5.69 Å². The number of thiocarbonyl (C=S) groups is 1. The minimum absolute atomic E-state index is 0.465. The molecule has 1 aromatic carbocycles. The molecule has 0 aliphatic heterocycles. The Hall–Kier alpha value is -1.07. The molecule has 1 aromatic rings. The normalized spacial score (nSPS) is 10.4. The Labute approximate surface area is 106 Å². The van der Waals surface area contributed by atoms with Crippen molar-refractivity contribution in [2.75, 3.05) is 25.7 Å². The Bertz CT molecular complexity index is 389. The number of hydrogen-bond donors (Lipinski definition) is 1. The van der Waals surface area contributed by atoms with Gasteiger partial charge in [0.1, 0.15) is 0 Å². The van der Waals surface area contributed by atoms with Crippen LogP contribution in [0.1, 0.15) is 0 Å². The second-order valence-electron chi connectivity index (χ2n) is 3.37. The topological polar surface area (TPSA) is 27.6 Å². The third-order valence-electron chi connectivity index (χ3n) is 1.73. The fourth-order valence-electron chi connectivity index (χ4n) is 1.02. The lowest BCUT2D eigenvalue weighted by Gasteiger charge is -2.06. The quantitative estimate of drug-likeness (QED) is 0.388. The van der Waals surface area contributed by atoms with Gasteiger partial charge in [0.2, 0.25) is 0 Å². The lowest BCUT2D eigenvalue weighted by molar-refractivity contribution is 0.644. The minimum atomic E-state index is 0.465. The maximum Gasteiger partial charge on any atom is 0.198 e. The number of benzene rings is 1. The van der Waals surface area contributed by atoms with Crippen LogP contribution in [0.2, 0.25) is 0 Å². The number of rotatable bonds is 3. The number of nitrogens with zero attached hydrogens (tertiary/aromatic N) is 2. The first kappa shape index (κ1) is 13.0. The Balaban J connectivity index is 2.62. The van der Waals surface area contributed by atoms with Gasteiger partial charge in [-0.05, 0) is 36.7 Å². The molecule has 0 unspecified atom stereocenters. The van der Waals surface area contributed by atoms with Gasteiger partial charge in [0.05, 0.1) is 6.34 Å². The molecule has 0 aliphatic rings. The van der Waals surface area contributed by atoms with Crippen LogP contribution in [0.25, 0.3) is 0 Å². The molecule has 0 aliphatic carbocycles. The van der Waals surface area contributed by atoms with Gasteiger partial charge in [-0.15, -0.1) is 11.8 Å². The second kappa shape index (κ2) is 6.50. The third-order valence-corrected chi connectivity index (χ3v) is 2.66. The van der Waals surface area contributed by atoms with Gasteiger partial charge in [-0.25, -0.2) is 4.99 Å². The van der Waals surface area contributed by atoms with E-state index in [9.17, 15) is 0 Å². The summed E-state index contributed by atoms with van der Waals surface area (Å²) >= 11 is 6.79. The summed E-state index contributed by atoms with van der Waals surface area (Å²) in [6, 6.07) is 8.06. The summed E-state index contributed by atoms with van der Waals surface area (Å²) in [6.45, 7) is 0. The zero-order chi connectivity index (χ0) is 12.0. The Morgan fingerprint density at radius 2 is 2.25 bits per heavy atom. The summed E-state index contributed by atoms with van der Waals surface area (Å²) in [4.78, 5) is 7.13. The van der Waals surface area contributed by atoms with Crippen molar-refractivity contribution in [3.8, 4) is 0 Å². The smallest absolute Gasteiger partial charge is 0.198 e. The van der Waals surface area contributed by atoms with Crippen molar-refractivity contribution in [2.24, 2.45) is 4.99 Å². The van der Waals surface area contributed by atoms with Crippen LogP contribution in [0.5, 0.6) is 0 Å². The van der Waals surface area contributed by atoms with Gasteiger partial charge in [-0.1, -0.05) is 6.07 Å². The maximum atomic E-state index is 5.09. The van der Waals surface area contributed by atoms with Crippen molar-refractivity contribution >= 4 is 41.1 Å². The average molecular weight is 253 g/mol. The molecular formula is C11H15N3S2. The largest absolute Gasteiger partial charge is 0.369 e. The van der Waals surface area contributed by atoms with E-state index in [0.29, 0.717) is 5.11 Å². The molecule has 0 radical (unpaired) electrons. The van der Waals surface area contributed by atoms with Crippen molar-refractivity contribution in [1.82, 2.24) is 4.90 Å². The fraction of sp³-hybridized carbons (Fsp3) is 0.273. The molecule has 0 heterocycles. The van der Waals surface area contributed by atoms with Crippen LogP contribution < -0.4 is 5.32 Å². The molecule has 86 valence electrons. The average Bonchev–Trinajstić information content (AvgIpc) is 2.26. The molecule has 1 rings (SSSR count). The van der Waals surface area contributed by atoms with Gasteiger partial charge >= 0.3 is 0 Å². The van der Waals surface area contributed by atoms with Gasteiger partial charge < -0.3 is 10.2 Å². The second-order valence-corrected chi connectivity index (χ2v) is 4.64. The van der Waals surface area contributed by atoms with Crippen molar-refractivity contribution in [2.45, 2.75) is 4.90 Å². The number of thioether (sulfide) groups is 1. The summed E-state index contributed by atoms with van der Waals surface area (Å²) in [6.07, 6.45) is 3.72. The minimum Gasteiger partial charge on any atom is -0.369 e. The van der Waals surface area contributed by atoms with E-state index in [1.165, 1.54) is 4.90 Å². The number of aliphatic imine (C=N–C) groups is 1. The summed E-state index contributed by atoms with van der Waals surface area (Å²) in [7, 11) is 3.81. The summed E-state index contributed by atoms with van der Waals surface area (Å²) in [5.41, 5.74) is 0.966. The molecule has 0 saturated carbocycles. The molecule has 5 heteroatoms. The summed E-state index contributed by atoms with van der Waals surface area (Å²) in [5, 5.41) is 3.53. The van der Waals surface area contributed by atoms with Gasteiger partial charge in [-0.2, -0.15) is 0 Å². The zero-order valence-electron chi connectivity index (χ0n) is 9.60. The highest BCUT2D eigenvalue weighted by molar-refractivity contribution is 7.98. The number of nitrogens with one attached hydrogen (secondary N) is 1. The third kappa shape index (κ3) is 4.63. The number of anilines is 1. The molecule has 0 saturated heterocycles. The van der Waals surface area contributed by atoms with E-state index in [1.54, 1.807) is 18.1 Å². The molecular weight excluding hydrogens is 238 g/mol. The highest BCUT2D eigenvalue weighted by Crippen LogP contribution is 2.18. The SMILES string of the molecule is CSc1cccc(NC(=S)/N=C/N(C)C)c1. The predicted molar refractivity (Wildman–Crippen MR) is 76.6 cm³/mol. The Morgan fingerprint density at radius 1 is 1.50 bits per heavy atom. The molecule has 0 spiro atoms. The molecule has 0 bridgehead atoms. The van der Waals surface area contributed by atoms with E-state index in [-0.39, 0.29) is 0 Å². The van der Waals surface area contributed by atoms with Gasteiger partial charge in [0.25, 0.3) is 0 Å². The van der Waals surface area contributed by atoms with Crippen LogP contribution in [0.15, 0.2) is 34.2 Å². The van der Waals surface area contributed by atoms with Crippen LogP contribution in [0.3, 0.4) is 0 Å². The first-order valence-electron chi connectivity index (χ1n) is 4.77. The fourth-order valence-corrected chi connectivity index (χ4v) is 1.65. The Kier molecular flexibility index (Phi) is 5.28. The van der Waals surface area contributed by atoms with Crippen LogP contribution in [0, 0.1) is 0 Å². The van der Waals surface area contributed by atoms with E-state index < -0.39 is 0 Å². The summed E-state index contributed by atoms with van der Waals surface area (Å²) < 4.78 is 0. The molecule has 16 heavy (non-hydrogen) atoms. The molecule has 1 N–H and O–H groups in total. The summed E-state index contributed by atoms with van der Waals surface area (Å²) in [5.74, 6) is 0.